The smallest absolute Gasteiger partial charge is 0.230 e. The molecule has 0 atom stereocenters. The van der Waals surface area contributed by atoms with E-state index in [0.717, 1.165) is 43.2 Å². The Morgan fingerprint density at radius 1 is 1.20 bits per heavy atom. The monoisotopic (exact) mass is 366 g/mol. The van der Waals surface area contributed by atoms with Gasteiger partial charge in [-0.2, -0.15) is 0 Å². The Kier molecular flexibility index (Phi) is 7.91. The number of hydrogen-bond donors (Lipinski definition) is 1. The minimum absolute atomic E-state index is 0.0516. The molecule has 0 unspecified atom stereocenters. The molecule has 25 heavy (non-hydrogen) atoms. The number of rotatable bonds is 8. The number of carbonyl (C=O) groups is 2. The molecule has 1 aromatic rings. The first kappa shape index (κ1) is 19.4. The number of nitrogens with one attached hydrogen (secondary N) is 1. The van der Waals surface area contributed by atoms with Gasteiger partial charge in [0.1, 0.15) is 11.5 Å². The summed E-state index contributed by atoms with van der Waals surface area (Å²) in [5.41, 5.74) is 0. The van der Waals surface area contributed by atoms with Crippen LogP contribution in [0.5, 0.6) is 11.5 Å². The minimum atomic E-state index is 0.0516. The molecule has 138 valence electrons. The molecule has 1 saturated heterocycles. The Labute approximate surface area is 153 Å². The van der Waals surface area contributed by atoms with Gasteiger partial charge in [-0.05, 0) is 37.1 Å². The highest BCUT2D eigenvalue weighted by Crippen LogP contribution is 2.17. The van der Waals surface area contributed by atoms with Crippen molar-refractivity contribution in [1.82, 2.24) is 10.2 Å². The minimum Gasteiger partial charge on any atom is -0.497 e. The predicted octanol–water partition coefficient (Wildman–Crippen LogP) is 1.93. The zero-order chi connectivity index (χ0) is 18.1. The highest BCUT2D eigenvalue weighted by molar-refractivity contribution is 7.99. The Bertz CT molecular complexity index is 557. The molecule has 6 nitrogen and oxygen atoms in total. The van der Waals surface area contributed by atoms with E-state index in [0.29, 0.717) is 12.4 Å². The van der Waals surface area contributed by atoms with E-state index in [4.69, 9.17) is 9.47 Å². The molecular weight excluding hydrogens is 340 g/mol. The fourth-order valence-electron chi connectivity index (χ4n) is 2.66. The van der Waals surface area contributed by atoms with Crippen LogP contribution in [-0.4, -0.2) is 61.1 Å². The molecule has 0 bridgehead atoms. The molecule has 0 aromatic heterocycles. The number of benzene rings is 1. The van der Waals surface area contributed by atoms with Crippen LogP contribution in [0.15, 0.2) is 24.3 Å². The molecule has 0 spiro atoms. The summed E-state index contributed by atoms with van der Waals surface area (Å²) in [5, 5.41) is 3.05. The molecule has 2 amide bonds. The summed E-state index contributed by atoms with van der Waals surface area (Å²) >= 11 is 1.56. The van der Waals surface area contributed by atoms with Gasteiger partial charge in [-0.25, -0.2) is 0 Å². The van der Waals surface area contributed by atoms with Crippen molar-refractivity contribution in [2.45, 2.75) is 25.8 Å². The third-order valence-corrected chi connectivity index (χ3v) is 5.02. The summed E-state index contributed by atoms with van der Waals surface area (Å²) in [6, 6.07) is 7.62. The highest BCUT2D eigenvalue weighted by atomic mass is 32.2. The molecule has 1 heterocycles. The predicted molar refractivity (Wildman–Crippen MR) is 99.2 cm³/mol. The maximum Gasteiger partial charge on any atom is 0.230 e. The van der Waals surface area contributed by atoms with Gasteiger partial charge in [0.25, 0.3) is 0 Å². The van der Waals surface area contributed by atoms with Gasteiger partial charge in [0.15, 0.2) is 0 Å². The van der Waals surface area contributed by atoms with Crippen molar-refractivity contribution in [2.24, 2.45) is 0 Å². The fraction of sp³-hybridized carbons (Fsp3) is 0.556. The zero-order valence-corrected chi connectivity index (χ0v) is 15.6. The van der Waals surface area contributed by atoms with Gasteiger partial charge in [-0.15, -0.1) is 11.8 Å². The number of piperidine rings is 1. The van der Waals surface area contributed by atoms with E-state index in [1.165, 1.54) is 0 Å². The van der Waals surface area contributed by atoms with Crippen LogP contribution in [-0.2, 0) is 9.59 Å². The number of carbonyl (C=O) groups excluding carboxylic acids is 2. The average molecular weight is 366 g/mol. The lowest BCUT2D eigenvalue weighted by Crippen LogP contribution is -2.46. The lowest BCUT2D eigenvalue weighted by molar-refractivity contribution is -0.130. The van der Waals surface area contributed by atoms with Crippen LogP contribution in [0.25, 0.3) is 0 Å². The molecule has 0 saturated carbocycles. The normalized spacial score (nSPS) is 14.9. The van der Waals surface area contributed by atoms with Crippen molar-refractivity contribution in [2.75, 3.05) is 38.3 Å². The van der Waals surface area contributed by atoms with E-state index >= 15 is 0 Å². The van der Waals surface area contributed by atoms with Crippen molar-refractivity contribution in [3.8, 4) is 11.5 Å². The Balaban J connectivity index is 1.54. The van der Waals surface area contributed by atoms with Crippen molar-refractivity contribution in [3.63, 3.8) is 0 Å². The standard InChI is InChI=1S/C18H26N2O4S/c1-14(21)20-9-7-15(8-10-20)19-18(22)13-25-12-11-24-17-5-3-16(23-2)4-6-17/h3-6,15H,7-13H2,1-2H3,(H,19,22). The van der Waals surface area contributed by atoms with Crippen LogP contribution in [0.3, 0.4) is 0 Å². The quantitative estimate of drug-likeness (QED) is 0.712. The number of thioether (sulfide) groups is 1. The summed E-state index contributed by atoms with van der Waals surface area (Å²) in [5.74, 6) is 2.93. The SMILES string of the molecule is COc1ccc(OCCSCC(=O)NC2CCN(C(C)=O)CC2)cc1. The van der Waals surface area contributed by atoms with E-state index in [2.05, 4.69) is 5.32 Å². The van der Waals surface area contributed by atoms with Gasteiger partial charge in [0, 0.05) is 31.8 Å². The van der Waals surface area contributed by atoms with E-state index in [9.17, 15) is 9.59 Å². The van der Waals surface area contributed by atoms with Crippen molar-refractivity contribution in [3.05, 3.63) is 24.3 Å². The zero-order valence-electron chi connectivity index (χ0n) is 14.8. The molecule has 1 fully saturated rings. The molecule has 0 radical (unpaired) electrons. The van der Waals surface area contributed by atoms with E-state index in [1.54, 1.807) is 25.8 Å². The van der Waals surface area contributed by atoms with Gasteiger partial charge in [0.05, 0.1) is 19.5 Å². The van der Waals surface area contributed by atoms with Gasteiger partial charge >= 0.3 is 0 Å². The number of hydrogen-bond acceptors (Lipinski definition) is 5. The second-order valence-corrected chi connectivity index (χ2v) is 7.03. The Morgan fingerprint density at radius 2 is 1.84 bits per heavy atom. The number of ether oxygens (including phenoxy) is 2. The topological polar surface area (TPSA) is 67.9 Å². The van der Waals surface area contributed by atoms with Gasteiger partial charge in [-0.1, -0.05) is 0 Å². The van der Waals surface area contributed by atoms with Gasteiger partial charge in [-0.3, -0.25) is 9.59 Å². The molecule has 1 aromatic carbocycles. The third-order valence-electron chi connectivity index (χ3n) is 4.09. The van der Waals surface area contributed by atoms with E-state index < -0.39 is 0 Å². The van der Waals surface area contributed by atoms with Gasteiger partial charge in [0.2, 0.25) is 11.8 Å². The molecular formula is C18H26N2O4S. The summed E-state index contributed by atoms with van der Waals surface area (Å²) in [7, 11) is 1.63. The third kappa shape index (κ3) is 6.86. The van der Waals surface area contributed by atoms with Crippen LogP contribution < -0.4 is 14.8 Å². The largest absolute Gasteiger partial charge is 0.497 e. The van der Waals surface area contributed by atoms with Crippen LogP contribution in [0, 0.1) is 0 Å². The van der Waals surface area contributed by atoms with Crippen molar-refractivity contribution in [1.29, 1.82) is 0 Å². The second kappa shape index (κ2) is 10.2. The van der Waals surface area contributed by atoms with Crippen LogP contribution in [0.1, 0.15) is 19.8 Å². The van der Waals surface area contributed by atoms with Crippen LogP contribution in [0.4, 0.5) is 0 Å². The summed E-state index contributed by atoms with van der Waals surface area (Å²) < 4.78 is 10.7. The second-order valence-electron chi connectivity index (χ2n) is 5.92. The van der Waals surface area contributed by atoms with Gasteiger partial charge < -0.3 is 19.7 Å². The number of likely N-dealkylation sites (tertiary alicyclic amines) is 1. The number of nitrogens with zero attached hydrogens (tertiary/aromatic N) is 1. The highest BCUT2D eigenvalue weighted by Gasteiger charge is 2.21. The summed E-state index contributed by atoms with van der Waals surface area (Å²) in [4.78, 5) is 25.1. The lowest BCUT2D eigenvalue weighted by atomic mass is 10.1. The molecule has 1 N–H and O–H groups in total. The first-order chi connectivity index (χ1) is 12.1. The van der Waals surface area contributed by atoms with Crippen LogP contribution >= 0.6 is 11.8 Å². The number of amides is 2. The molecule has 2 rings (SSSR count). The summed E-state index contributed by atoms with van der Waals surface area (Å²) in [6.45, 7) is 3.59. The maximum absolute atomic E-state index is 12.0. The molecule has 1 aliphatic heterocycles. The number of methoxy groups -OCH3 is 1. The maximum atomic E-state index is 12.0. The lowest BCUT2D eigenvalue weighted by Gasteiger charge is -2.31. The van der Waals surface area contributed by atoms with Crippen molar-refractivity contribution >= 4 is 23.6 Å². The first-order valence-electron chi connectivity index (χ1n) is 8.48. The summed E-state index contributed by atoms with van der Waals surface area (Å²) in [6.07, 6.45) is 1.66. The molecule has 0 aliphatic carbocycles. The average Bonchev–Trinajstić information content (AvgIpc) is 2.62. The Hall–Kier alpha value is -1.89. The van der Waals surface area contributed by atoms with E-state index in [1.807, 2.05) is 29.2 Å². The van der Waals surface area contributed by atoms with Crippen molar-refractivity contribution < 1.29 is 19.1 Å². The first-order valence-corrected chi connectivity index (χ1v) is 9.63. The fourth-order valence-corrected chi connectivity index (χ4v) is 3.28. The molecule has 1 aliphatic rings. The Morgan fingerprint density at radius 3 is 2.44 bits per heavy atom. The molecule has 7 heteroatoms. The van der Waals surface area contributed by atoms with E-state index in [-0.39, 0.29) is 17.9 Å². The van der Waals surface area contributed by atoms with Crippen LogP contribution in [0.2, 0.25) is 0 Å².